The van der Waals surface area contributed by atoms with Gasteiger partial charge in [-0.2, -0.15) is 0 Å². The van der Waals surface area contributed by atoms with Gasteiger partial charge in [0.15, 0.2) is 5.16 Å². The van der Waals surface area contributed by atoms with Gasteiger partial charge < -0.3 is 10.2 Å². The summed E-state index contributed by atoms with van der Waals surface area (Å²) in [6.07, 6.45) is 0. The van der Waals surface area contributed by atoms with E-state index in [1.807, 2.05) is 33.7 Å². The first-order chi connectivity index (χ1) is 13.1. The van der Waals surface area contributed by atoms with Gasteiger partial charge in [0.2, 0.25) is 11.9 Å². The number of hydrogen-bond donors (Lipinski definition) is 1. The number of hydrogen-bond acceptors (Lipinski definition) is 5. The maximum absolute atomic E-state index is 13.1. The van der Waals surface area contributed by atoms with Crippen LogP contribution in [-0.2, 0) is 11.3 Å². The Labute approximate surface area is 167 Å². The molecule has 0 radical (unpaired) electrons. The number of thioether (sulfide) groups is 1. The summed E-state index contributed by atoms with van der Waals surface area (Å²) in [7, 11) is 0. The number of nitrogens with zero attached hydrogens (tertiary/aromatic N) is 4. The van der Waals surface area contributed by atoms with E-state index < -0.39 is 0 Å². The van der Waals surface area contributed by atoms with Crippen LogP contribution in [-0.4, -0.2) is 33.0 Å². The quantitative estimate of drug-likeness (QED) is 0.597. The molecule has 0 aliphatic carbocycles. The number of benzene rings is 2. The molecule has 1 aromatic heterocycles. The van der Waals surface area contributed by atoms with Crippen molar-refractivity contribution in [1.29, 1.82) is 0 Å². The lowest BCUT2D eigenvalue weighted by atomic mass is 10.3. The lowest BCUT2D eigenvalue weighted by molar-refractivity contribution is -0.113. The normalized spacial score (nSPS) is 12.9. The molecule has 1 N–H and O–H groups in total. The minimum absolute atomic E-state index is 0.104. The molecule has 2 heterocycles. The molecule has 4 rings (SSSR count). The van der Waals surface area contributed by atoms with Crippen molar-refractivity contribution in [2.75, 3.05) is 22.5 Å². The molecule has 27 heavy (non-hydrogen) atoms. The van der Waals surface area contributed by atoms with E-state index in [9.17, 15) is 9.18 Å². The zero-order valence-corrected chi connectivity index (χ0v) is 16.5. The maximum Gasteiger partial charge on any atom is 0.234 e. The SMILES string of the molecule is O=C(CSc1nnc2n1CCN2c1ccc(F)cc1)Nc1ccc(Br)cc1. The third-order valence-electron chi connectivity index (χ3n) is 4.08. The standard InChI is InChI=1S/C18H15BrFN5OS/c19-12-1-5-14(6-2-12)21-16(26)11-27-18-23-22-17-24(9-10-25(17)18)15-7-3-13(20)4-8-15/h1-8H,9-11H2,(H,21,26). The van der Waals surface area contributed by atoms with Crippen LogP contribution in [0.5, 0.6) is 0 Å². The fourth-order valence-corrected chi connectivity index (χ4v) is 3.83. The average Bonchev–Trinajstić information content (AvgIpc) is 3.25. The molecule has 6 nitrogen and oxygen atoms in total. The molecule has 0 saturated heterocycles. The molecule has 0 atom stereocenters. The molecule has 0 saturated carbocycles. The highest BCUT2D eigenvalue weighted by Gasteiger charge is 2.26. The second-order valence-electron chi connectivity index (χ2n) is 5.91. The molecule has 0 bridgehead atoms. The first-order valence-corrected chi connectivity index (χ1v) is 10.0. The highest BCUT2D eigenvalue weighted by molar-refractivity contribution is 9.10. The Balaban J connectivity index is 1.40. The zero-order chi connectivity index (χ0) is 18.8. The predicted molar refractivity (Wildman–Crippen MR) is 107 cm³/mol. The monoisotopic (exact) mass is 447 g/mol. The van der Waals surface area contributed by atoms with Crippen LogP contribution in [0.25, 0.3) is 0 Å². The van der Waals surface area contributed by atoms with Gasteiger partial charge in [0.1, 0.15) is 5.82 Å². The number of amides is 1. The maximum atomic E-state index is 13.1. The molecule has 1 amide bonds. The van der Waals surface area contributed by atoms with Gasteiger partial charge in [0, 0.05) is 28.9 Å². The van der Waals surface area contributed by atoms with Gasteiger partial charge in [-0.05, 0) is 48.5 Å². The number of aromatic nitrogens is 3. The van der Waals surface area contributed by atoms with Crippen LogP contribution in [0.2, 0.25) is 0 Å². The highest BCUT2D eigenvalue weighted by Crippen LogP contribution is 2.32. The van der Waals surface area contributed by atoms with E-state index in [0.717, 1.165) is 28.9 Å². The van der Waals surface area contributed by atoms with E-state index in [0.29, 0.717) is 11.1 Å². The van der Waals surface area contributed by atoms with Gasteiger partial charge in [0.05, 0.1) is 5.75 Å². The molecule has 0 spiro atoms. The van der Waals surface area contributed by atoms with E-state index in [1.54, 1.807) is 12.1 Å². The Bertz CT molecular complexity index is 961. The van der Waals surface area contributed by atoms with Crippen molar-refractivity contribution in [3.8, 4) is 0 Å². The summed E-state index contributed by atoms with van der Waals surface area (Å²) in [5.74, 6) is 0.572. The molecule has 3 aromatic rings. The summed E-state index contributed by atoms with van der Waals surface area (Å²) in [5.41, 5.74) is 1.62. The van der Waals surface area contributed by atoms with Gasteiger partial charge in [-0.25, -0.2) is 4.39 Å². The highest BCUT2D eigenvalue weighted by atomic mass is 79.9. The number of halogens is 2. The van der Waals surface area contributed by atoms with Crippen LogP contribution in [0.1, 0.15) is 0 Å². The van der Waals surface area contributed by atoms with Crippen molar-refractivity contribution in [3.05, 3.63) is 58.8 Å². The molecule has 138 valence electrons. The van der Waals surface area contributed by atoms with E-state index in [1.165, 1.54) is 23.9 Å². The second-order valence-corrected chi connectivity index (χ2v) is 7.76. The van der Waals surface area contributed by atoms with Crippen LogP contribution in [0, 0.1) is 5.82 Å². The first kappa shape index (κ1) is 18.0. The van der Waals surface area contributed by atoms with E-state index in [2.05, 4.69) is 31.4 Å². The van der Waals surface area contributed by atoms with Crippen LogP contribution in [0.3, 0.4) is 0 Å². The number of carbonyl (C=O) groups is 1. The third kappa shape index (κ3) is 3.98. The molecule has 9 heteroatoms. The molecule has 1 aliphatic heterocycles. The fourth-order valence-electron chi connectivity index (χ4n) is 2.81. The number of fused-ring (bicyclic) bond motifs is 1. The smallest absolute Gasteiger partial charge is 0.234 e. The van der Waals surface area contributed by atoms with Crippen LogP contribution in [0.15, 0.2) is 58.2 Å². The number of carbonyl (C=O) groups excluding carboxylic acids is 1. The molecular weight excluding hydrogens is 433 g/mol. The van der Waals surface area contributed by atoms with Crippen molar-refractivity contribution in [1.82, 2.24) is 14.8 Å². The predicted octanol–water partition coefficient (Wildman–Crippen LogP) is 4.06. The Morgan fingerprint density at radius 1 is 1.11 bits per heavy atom. The van der Waals surface area contributed by atoms with Crippen molar-refractivity contribution in [2.24, 2.45) is 0 Å². The number of rotatable bonds is 5. The summed E-state index contributed by atoms with van der Waals surface area (Å²) in [4.78, 5) is 14.1. The second kappa shape index (κ2) is 7.69. The third-order valence-corrected chi connectivity index (χ3v) is 5.58. The zero-order valence-electron chi connectivity index (χ0n) is 14.1. The topological polar surface area (TPSA) is 63.1 Å². The lowest BCUT2D eigenvalue weighted by Crippen LogP contribution is -2.14. The van der Waals surface area contributed by atoms with Gasteiger partial charge >= 0.3 is 0 Å². The molecule has 2 aromatic carbocycles. The first-order valence-electron chi connectivity index (χ1n) is 8.25. The minimum atomic E-state index is -0.271. The van der Waals surface area contributed by atoms with Gasteiger partial charge in [0.25, 0.3) is 0 Å². The summed E-state index contributed by atoms with van der Waals surface area (Å²) in [6, 6.07) is 13.7. The van der Waals surface area contributed by atoms with Crippen molar-refractivity contribution < 1.29 is 9.18 Å². The number of nitrogens with one attached hydrogen (secondary N) is 1. The van der Waals surface area contributed by atoms with E-state index in [4.69, 9.17) is 0 Å². The van der Waals surface area contributed by atoms with Crippen molar-refractivity contribution in [2.45, 2.75) is 11.7 Å². The largest absolute Gasteiger partial charge is 0.325 e. The van der Waals surface area contributed by atoms with Crippen molar-refractivity contribution in [3.63, 3.8) is 0 Å². The molecular formula is C18H15BrFN5OS. The molecule has 0 unspecified atom stereocenters. The molecule has 0 fully saturated rings. The Hall–Kier alpha value is -2.39. The summed E-state index contributed by atoms with van der Waals surface area (Å²) in [5, 5.41) is 12.0. The van der Waals surface area contributed by atoms with E-state index >= 15 is 0 Å². The van der Waals surface area contributed by atoms with Crippen molar-refractivity contribution >= 4 is 50.9 Å². The van der Waals surface area contributed by atoms with E-state index in [-0.39, 0.29) is 17.5 Å². The van der Waals surface area contributed by atoms with Gasteiger partial charge in [-0.1, -0.05) is 27.7 Å². The van der Waals surface area contributed by atoms with Gasteiger partial charge in [-0.3, -0.25) is 9.36 Å². The Morgan fingerprint density at radius 2 is 1.85 bits per heavy atom. The van der Waals surface area contributed by atoms with Crippen LogP contribution in [0.4, 0.5) is 21.7 Å². The van der Waals surface area contributed by atoms with Gasteiger partial charge in [-0.15, -0.1) is 10.2 Å². The lowest BCUT2D eigenvalue weighted by Gasteiger charge is -2.14. The summed E-state index contributed by atoms with van der Waals surface area (Å²) in [6.45, 7) is 1.45. The van der Waals surface area contributed by atoms with Crippen LogP contribution < -0.4 is 10.2 Å². The summed E-state index contributed by atoms with van der Waals surface area (Å²) < 4.78 is 16.1. The minimum Gasteiger partial charge on any atom is -0.325 e. The number of anilines is 3. The average molecular weight is 448 g/mol. The summed E-state index contributed by atoms with van der Waals surface area (Å²) >= 11 is 4.71. The van der Waals surface area contributed by atoms with Crippen LogP contribution >= 0.6 is 27.7 Å². The Morgan fingerprint density at radius 3 is 2.59 bits per heavy atom. The molecule has 1 aliphatic rings. The Kier molecular flexibility index (Phi) is 5.13. The fraction of sp³-hybridized carbons (Fsp3) is 0.167.